The van der Waals surface area contributed by atoms with E-state index < -0.39 is 12.1 Å². The Balaban J connectivity index is 3.69. The molecule has 4 heteroatoms. The Labute approximate surface area is 174 Å². The van der Waals surface area contributed by atoms with Gasteiger partial charge in [-0.25, -0.2) is 0 Å². The number of aliphatic hydroxyl groups excluding tert-OH is 2. The van der Waals surface area contributed by atoms with Crippen molar-refractivity contribution in [1.82, 2.24) is 5.32 Å². The first-order chi connectivity index (χ1) is 13.7. The van der Waals surface area contributed by atoms with Gasteiger partial charge in [0.1, 0.15) is 0 Å². The van der Waals surface area contributed by atoms with Crippen LogP contribution in [0.5, 0.6) is 0 Å². The van der Waals surface area contributed by atoms with Crippen LogP contribution >= 0.6 is 0 Å². The molecule has 0 aliphatic carbocycles. The first-order valence-electron chi connectivity index (χ1n) is 11.9. The number of nitrogens with one attached hydrogen (secondary N) is 1. The Bertz CT molecular complexity index is 371. The van der Waals surface area contributed by atoms with Gasteiger partial charge in [0.2, 0.25) is 5.91 Å². The van der Waals surface area contributed by atoms with Crippen LogP contribution in [0.1, 0.15) is 117 Å². The van der Waals surface area contributed by atoms with Crippen molar-refractivity contribution >= 4 is 5.91 Å². The lowest BCUT2D eigenvalue weighted by molar-refractivity contribution is -0.123. The van der Waals surface area contributed by atoms with Gasteiger partial charge in [0.05, 0.1) is 18.8 Å². The number of aliphatic hydroxyl groups is 2. The van der Waals surface area contributed by atoms with Crippen molar-refractivity contribution in [3.05, 3.63) is 12.2 Å². The highest BCUT2D eigenvalue weighted by Gasteiger charge is 2.17. The van der Waals surface area contributed by atoms with E-state index in [0.29, 0.717) is 6.42 Å². The van der Waals surface area contributed by atoms with Crippen LogP contribution in [-0.2, 0) is 4.79 Å². The smallest absolute Gasteiger partial charge is 0.220 e. The molecule has 0 aromatic carbocycles. The maximum absolute atomic E-state index is 12.0. The number of rotatable bonds is 20. The average molecular weight is 398 g/mol. The largest absolute Gasteiger partial charge is 0.394 e. The zero-order valence-corrected chi connectivity index (χ0v) is 18.6. The molecular formula is C24H47NO3. The predicted octanol–water partition coefficient (Wildman–Crippen LogP) is 5.66. The molecule has 0 radical (unpaired) electrons. The lowest BCUT2D eigenvalue weighted by Crippen LogP contribution is -2.45. The van der Waals surface area contributed by atoms with E-state index in [4.69, 9.17) is 0 Å². The van der Waals surface area contributed by atoms with Crippen LogP contribution in [0.2, 0.25) is 0 Å². The normalized spacial score (nSPS) is 13.7. The van der Waals surface area contributed by atoms with Crippen molar-refractivity contribution in [2.24, 2.45) is 0 Å². The summed E-state index contributed by atoms with van der Waals surface area (Å²) in [4.78, 5) is 12.0. The van der Waals surface area contributed by atoms with E-state index in [-0.39, 0.29) is 12.5 Å². The summed E-state index contributed by atoms with van der Waals surface area (Å²) in [5.74, 6) is -0.0755. The molecule has 3 N–H and O–H groups in total. The number of amides is 1. The second kappa shape index (κ2) is 20.9. The maximum atomic E-state index is 12.0. The van der Waals surface area contributed by atoms with Crippen LogP contribution in [0.4, 0.5) is 0 Å². The summed E-state index contributed by atoms with van der Waals surface area (Å²) in [5, 5.41) is 22.3. The molecule has 0 saturated heterocycles. The number of hydrogen-bond acceptors (Lipinski definition) is 3. The van der Waals surface area contributed by atoms with Gasteiger partial charge in [0.25, 0.3) is 0 Å². The zero-order chi connectivity index (χ0) is 20.9. The van der Waals surface area contributed by atoms with Crippen LogP contribution in [0.3, 0.4) is 0 Å². The summed E-state index contributed by atoms with van der Waals surface area (Å²) in [6.45, 7) is 4.16. The molecule has 1 amide bonds. The SMILES string of the molecule is CCCCC/C=C/C(O)C(CO)NC(=O)CCCCCCCCCCCCC. The van der Waals surface area contributed by atoms with E-state index >= 15 is 0 Å². The Morgan fingerprint density at radius 2 is 1.32 bits per heavy atom. The first kappa shape index (κ1) is 27.1. The quantitative estimate of drug-likeness (QED) is 0.183. The van der Waals surface area contributed by atoms with Crippen molar-refractivity contribution in [2.45, 2.75) is 129 Å². The number of allylic oxidation sites excluding steroid dienone is 1. The van der Waals surface area contributed by atoms with Crippen molar-refractivity contribution in [3.63, 3.8) is 0 Å². The summed E-state index contributed by atoms with van der Waals surface area (Å²) in [7, 11) is 0. The summed E-state index contributed by atoms with van der Waals surface area (Å²) in [5.41, 5.74) is 0. The second-order valence-electron chi connectivity index (χ2n) is 8.06. The van der Waals surface area contributed by atoms with Gasteiger partial charge in [-0.15, -0.1) is 0 Å². The topological polar surface area (TPSA) is 69.6 Å². The minimum Gasteiger partial charge on any atom is -0.394 e. The Morgan fingerprint density at radius 1 is 0.821 bits per heavy atom. The Hall–Kier alpha value is -0.870. The molecule has 2 unspecified atom stereocenters. The molecule has 0 fully saturated rings. The van der Waals surface area contributed by atoms with Crippen LogP contribution < -0.4 is 5.32 Å². The third-order valence-electron chi connectivity index (χ3n) is 5.27. The maximum Gasteiger partial charge on any atom is 0.220 e. The molecule has 0 saturated carbocycles. The highest BCUT2D eigenvalue weighted by molar-refractivity contribution is 5.76. The van der Waals surface area contributed by atoms with E-state index in [2.05, 4.69) is 19.2 Å². The van der Waals surface area contributed by atoms with Gasteiger partial charge in [0, 0.05) is 6.42 Å². The molecule has 166 valence electrons. The van der Waals surface area contributed by atoms with Crippen molar-refractivity contribution in [2.75, 3.05) is 6.61 Å². The van der Waals surface area contributed by atoms with Gasteiger partial charge >= 0.3 is 0 Å². The highest BCUT2D eigenvalue weighted by atomic mass is 16.3. The molecule has 0 heterocycles. The second-order valence-corrected chi connectivity index (χ2v) is 8.06. The molecule has 2 atom stereocenters. The summed E-state index contributed by atoms with van der Waals surface area (Å²) in [6.07, 6.45) is 21.5. The Morgan fingerprint density at radius 3 is 1.86 bits per heavy atom. The van der Waals surface area contributed by atoms with E-state index in [1.54, 1.807) is 6.08 Å². The zero-order valence-electron chi connectivity index (χ0n) is 18.6. The third-order valence-corrected chi connectivity index (χ3v) is 5.27. The standard InChI is InChI=1S/C24H47NO3/c1-3-5-7-9-10-11-12-13-14-16-18-20-24(28)25-22(21-26)23(27)19-17-15-8-6-4-2/h17,19,22-23,26-27H,3-16,18,20-21H2,1-2H3,(H,25,28)/b19-17+. The van der Waals surface area contributed by atoms with Gasteiger partial charge in [-0.3, -0.25) is 4.79 Å². The summed E-state index contributed by atoms with van der Waals surface area (Å²) < 4.78 is 0. The lowest BCUT2D eigenvalue weighted by Gasteiger charge is -2.20. The van der Waals surface area contributed by atoms with E-state index in [9.17, 15) is 15.0 Å². The molecule has 0 aliphatic heterocycles. The molecule has 0 spiro atoms. The summed E-state index contributed by atoms with van der Waals surface area (Å²) >= 11 is 0. The molecule has 0 aromatic rings. The van der Waals surface area contributed by atoms with Crippen molar-refractivity contribution in [1.29, 1.82) is 0 Å². The number of carbonyl (C=O) groups excluding carboxylic acids is 1. The predicted molar refractivity (Wildman–Crippen MR) is 119 cm³/mol. The molecule has 0 aromatic heterocycles. The lowest BCUT2D eigenvalue weighted by atomic mass is 10.0. The van der Waals surface area contributed by atoms with Gasteiger partial charge in [0.15, 0.2) is 0 Å². The first-order valence-corrected chi connectivity index (χ1v) is 11.9. The monoisotopic (exact) mass is 397 g/mol. The van der Waals surface area contributed by atoms with Crippen molar-refractivity contribution in [3.8, 4) is 0 Å². The fraction of sp³-hybridized carbons (Fsp3) is 0.875. The number of carbonyl (C=O) groups is 1. The van der Waals surface area contributed by atoms with Crippen LogP contribution in [-0.4, -0.2) is 34.9 Å². The molecular weight excluding hydrogens is 350 g/mol. The van der Waals surface area contributed by atoms with Crippen molar-refractivity contribution < 1.29 is 15.0 Å². The molecule has 0 bridgehead atoms. The van der Waals surface area contributed by atoms with Gasteiger partial charge in [-0.1, -0.05) is 103 Å². The number of unbranched alkanes of at least 4 members (excludes halogenated alkanes) is 13. The Kier molecular flexibility index (Phi) is 20.2. The van der Waals surface area contributed by atoms with Crippen LogP contribution in [0.25, 0.3) is 0 Å². The fourth-order valence-corrected chi connectivity index (χ4v) is 3.35. The van der Waals surface area contributed by atoms with Gasteiger partial charge < -0.3 is 15.5 Å². The van der Waals surface area contributed by atoms with E-state index in [1.165, 1.54) is 70.6 Å². The van der Waals surface area contributed by atoms with Gasteiger partial charge in [-0.05, 0) is 19.3 Å². The van der Waals surface area contributed by atoms with E-state index in [1.807, 2.05) is 6.08 Å². The summed E-state index contributed by atoms with van der Waals surface area (Å²) in [6, 6.07) is -0.609. The third kappa shape index (κ3) is 17.2. The molecule has 4 nitrogen and oxygen atoms in total. The molecule has 28 heavy (non-hydrogen) atoms. The fourth-order valence-electron chi connectivity index (χ4n) is 3.35. The minimum absolute atomic E-state index is 0.0755. The number of hydrogen-bond donors (Lipinski definition) is 3. The van der Waals surface area contributed by atoms with E-state index in [0.717, 1.165) is 25.7 Å². The minimum atomic E-state index is -0.826. The van der Waals surface area contributed by atoms with Gasteiger partial charge in [-0.2, -0.15) is 0 Å². The molecule has 0 aliphatic rings. The highest BCUT2D eigenvalue weighted by Crippen LogP contribution is 2.12. The van der Waals surface area contributed by atoms with Crippen LogP contribution in [0.15, 0.2) is 12.2 Å². The average Bonchev–Trinajstić information content (AvgIpc) is 2.69. The van der Waals surface area contributed by atoms with Crippen LogP contribution in [0, 0.1) is 0 Å². The molecule has 0 rings (SSSR count).